The molecule has 2 N–H and O–H groups in total. The lowest BCUT2D eigenvalue weighted by Gasteiger charge is -2.34. The molecule has 0 saturated heterocycles. The van der Waals surface area contributed by atoms with Gasteiger partial charge in [-0.1, -0.05) is 51.4 Å². The van der Waals surface area contributed by atoms with Crippen LogP contribution in [0.4, 0.5) is 0 Å². The van der Waals surface area contributed by atoms with Gasteiger partial charge < -0.3 is 10.6 Å². The Morgan fingerprint density at radius 1 is 0.485 bits per heavy atom. The molecule has 4 heteroatoms. The van der Waals surface area contributed by atoms with Gasteiger partial charge in [0, 0.05) is 24.9 Å². The van der Waals surface area contributed by atoms with Crippen molar-refractivity contribution in [3.8, 4) is 0 Å². The third-order valence-corrected chi connectivity index (χ3v) is 9.60. The molecule has 0 aliphatic heterocycles. The van der Waals surface area contributed by atoms with E-state index in [1.807, 2.05) is 0 Å². The predicted octanol–water partition coefficient (Wildman–Crippen LogP) is 6.67. The summed E-state index contributed by atoms with van der Waals surface area (Å²) in [5, 5.41) is 6.68. The number of amides is 2. The molecular formula is C29H50N2O2. The van der Waals surface area contributed by atoms with E-state index in [9.17, 15) is 9.59 Å². The summed E-state index contributed by atoms with van der Waals surface area (Å²) in [6, 6.07) is 0.847. The minimum Gasteiger partial charge on any atom is -0.353 e. The number of nitrogens with one attached hydrogen (secondary N) is 2. The Balaban J connectivity index is 1.04. The topological polar surface area (TPSA) is 58.2 Å². The summed E-state index contributed by atoms with van der Waals surface area (Å²) in [6.07, 6.45) is 25.7. The molecule has 4 rings (SSSR count). The van der Waals surface area contributed by atoms with Crippen LogP contribution in [0.1, 0.15) is 135 Å². The molecule has 0 heterocycles. The van der Waals surface area contributed by atoms with Gasteiger partial charge in [0.15, 0.2) is 0 Å². The van der Waals surface area contributed by atoms with E-state index in [0.29, 0.717) is 23.9 Å². The fourth-order valence-electron chi connectivity index (χ4n) is 7.42. The van der Waals surface area contributed by atoms with Crippen LogP contribution in [0.5, 0.6) is 0 Å². The van der Waals surface area contributed by atoms with E-state index in [-0.39, 0.29) is 0 Å². The van der Waals surface area contributed by atoms with Crippen molar-refractivity contribution in [3.63, 3.8) is 0 Å². The maximum absolute atomic E-state index is 12.3. The second kappa shape index (κ2) is 13.1. The number of carbonyl (C=O) groups excluding carboxylic acids is 2. The highest BCUT2D eigenvalue weighted by atomic mass is 16.2. The van der Waals surface area contributed by atoms with Gasteiger partial charge >= 0.3 is 0 Å². The summed E-state index contributed by atoms with van der Waals surface area (Å²) < 4.78 is 0. The molecule has 4 aliphatic rings. The van der Waals surface area contributed by atoms with Crippen LogP contribution in [0.25, 0.3) is 0 Å². The Hall–Kier alpha value is -1.06. The Morgan fingerprint density at radius 2 is 0.848 bits per heavy atom. The van der Waals surface area contributed by atoms with Crippen molar-refractivity contribution in [3.05, 3.63) is 0 Å². The van der Waals surface area contributed by atoms with Crippen LogP contribution < -0.4 is 10.6 Å². The molecule has 0 spiro atoms. The Labute approximate surface area is 202 Å². The van der Waals surface area contributed by atoms with Crippen molar-refractivity contribution in [1.82, 2.24) is 10.6 Å². The van der Waals surface area contributed by atoms with Crippen molar-refractivity contribution < 1.29 is 9.59 Å². The molecule has 4 aliphatic carbocycles. The molecule has 2 amide bonds. The van der Waals surface area contributed by atoms with Gasteiger partial charge in [0.1, 0.15) is 0 Å². The molecule has 0 unspecified atom stereocenters. The van der Waals surface area contributed by atoms with Crippen molar-refractivity contribution in [2.75, 3.05) is 0 Å². The van der Waals surface area contributed by atoms with Crippen LogP contribution in [-0.2, 0) is 9.59 Å². The smallest absolute Gasteiger partial charge is 0.220 e. The van der Waals surface area contributed by atoms with Gasteiger partial charge in [0.2, 0.25) is 11.8 Å². The molecule has 0 atom stereocenters. The summed E-state index contributed by atoms with van der Waals surface area (Å²) in [4.78, 5) is 24.7. The van der Waals surface area contributed by atoms with Gasteiger partial charge in [-0.05, 0) is 94.3 Å². The molecule has 0 radical (unpaired) electrons. The zero-order valence-corrected chi connectivity index (χ0v) is 21.1. The Bertz CT molecular complexity index is 541. The number of hydrogen-bond donors (Lipinski definition) is 2. The summed E-state index contributed by atoms with van der Waals surface area (Å²) in [5.74, 6) is 3.92. The Morgan fingerprint density at radius 3 is 1.21 bits per heavy atom. The molecule has 0 aromatic carbocycles. The first kappa shape index (κ1) is 25.0. The molecule has 4 saturated carbocycles. The van der Waals surface area contributed by atoms with Crippen LogP contribution >= 0.6 is 0 Å². The first-order valence-electron chi connectivity index (χ1n) is 14.7. The first-order chi connectivity index (χ1) is 16.1. The molecular weight excluding hydrogens is 408 g/mol. The van der Waals surface area contributed by atoms with E-state index in [0.717, 1.165) is 49.4 Å². The van der Waals surface area contributed by atoms with Crippen LogP contribution in [0, 0.1) is 23.7 Å². The molecule has 4 fully saturated rings. The van der Waals surface area contributed by atoms with Crippen LogP contribution in [0.3, 0.4) is 0 Å². The van der Waals surface area contributed by atoms with Crippen LogP contribution in [0.15, 0.2) is 0 Å². The number of hydrogen-bond acceptors (Lipinski definition) is 2. The van der Waals surface area contributed by atoms with E-state index in [4.69, 9.17) is 0 Å². The standard InChI is InChI=1S/C29H50N2O2/c32-28(19-13-22-5-1-2-6-22)30-26-15-9-24(10-16-26)21-25-11-17-27(18-12-25)31-29(33)20-14-23-7-3-4-8-23/h22-27H,1-21H2,(H,30,32)(H,31,33). The largest absolute Gasteiger partial charge is 0.353 e. The van der Waals surface area contributed by atoms with E-state index in [1.54, 1.807) is 0 Å². The number of carbonyl (C=O) groups is 2. The highest BCUT2D eigenvalue weighted by Crippen LogP contribution is 2.36. The van der Waals surface area contributed by atoms with Gasteiger partial charge in [-0.25, -0.2) is 0 Å². The first-order valence-corrected chi connectivity index (χ1v) is 14.7. The molecule has 0 aromatic heterocycles. The number of rotatable bonds is 10. The molecule has 33 heavy (non-hydrogen) atoms. The highest BCUT2D eigenvalue weighted by Gasteiger charge is 2.28. The van der Waals surface area contributed by atoms with Crippen LogP contribution in [-0.4, -0.2) is 23.9 Å². The third kappa shape index (κ3) is 8.58. The summed E-state index contributed by atoms with van der Waals surface area (Å²) in [6.45, 7) is 0. The lowest BCUT2D eigenvalue weighted by molar-refractivity contribution is -0.123. The van der Waals surface area contributed by atoms with Crippen molar-refractivity contribution in [1.29, 1.82) is 0 Å². The maximum Gasteiger partial charge on any atom is 0.220 e. The lowest BCUT2D eigenvalue weighted by atomic mass is 9.75. The van der Waals surface area contributed by atoms with Crippen molar-refractivity contribution in [2.24, 2.45) is 23.7 Å². The van der Waals surface area contributed by atoms with Crippen molar-refractivity contribution in [2.45, 2.75) is 147 Å². The third-order valence-electron chi connectivity index (χ3n) is 9.60. The fourth-order valence-corrected chi connectivity index (χ4v) is 7.42. The SMILES string of the molecule is O=C(CCC1CCCC1)NC1CCC(CC2CCC(NC(=O)CCC3CCCC3)CC2)CC1. The molecule has 188 valence electrons. The van der Waals surface area contributed by atoms with Gasteiger partial charge in [-0.2, -0.15) is 0 Å². The van der Waals surface area contributed by atoms with E-state index in [2.05, 4.69) is 10.6 Å². The molecule has 4 nitrogen and oxygen atoms in total. The zero-order chi connectivity index (χ0) is 22.9. The lowest BCUT2D eigenvalue weighted by Crippen LogP contribution is -2.39. The average Bonchev–Trinajstić information content (AvgIpc) is 3.53. The highest BCUT2D eigenvalue weighted by molar-refractivity contribution is 5.76. The van der Waals surface area contributed by atoms with Gasteiger partial charge in [0.25, 0.3) is 0 Å². The van der Waals surface area contributed by atoms with Gasteiger partial charge in [-0.15, -0.1) is 0 Å². The molecule has 0 aromatic rings. The minimum atomic E-state index is 0.300. The molecule has 0 bridgehead atoms. The summed E-state index contributed by atoms with van der Waals surface area (Å²) in [5.41, 5.74) is 0. The Kier molecular flexibility index (Phi) is 9.97. The fraction of sp³-hybridized carbons (Fsp3) is 0.931. The monoisotopic (exact) mass is 458 g/mol. The van der Waals surface area contributed by atoms with Gasteiger partial charge in [-0.3, -0.25) is 9.59 Å². The van der Waals surface area contributed by atoms with Crippen molar-refractivity contribution >= 4 is 11.8 Å². The maximum atomic E-state index is 12.3. The zero-order valence-electron chi connectivity index (χ0n) is 21.1. The van der Waals surface area contributed by atoms with E-state index in [1.165, 1.54) is 109 Å². The van der Waals surface area contributed by atoms with E-state index >= 15 is 0 Å². The summed E-state index contributed by atoms with van der Waals surface area (Å²) in [7, 11) is 0. The second-order valence-corrected chi connectivity index (χ2v) is 12.2. The minimum absolute atomic E-state index is 0.300. The average molecular weight is 459 g/mol. The van der Waals surface area contributed by atoms with E-state index < -0.39 is 0 Å². The van der Waals surface area contributed by atoms with Gasteiger partial charge in [0.05, 0.1) is 0 Å². The quantitative estimate of drug-likeness (QED) is 0.384. The normalized spacial score (nSPS) is 31.5. The predicted molar refractivity (Wildman–Crippen MR) is 135 cm³/mol. The summed E-state index contributed by atoms with van der Waals surface area (Å²) >= 11 is 0. The van der Waals surface area contributed by atoms with Crippen LogP contribution in [0.2, 0.25) is 0 Å². The second-order valence-electron chi connectivity index (χ2n) is 12.2.